The maximum Gasteiger partial charge on any atom is 1.00 e. The molecule has 1 aliphatic rings. The van der Waals surface area contributed by atoms with E-state index < -0.39 is 12.0 Å². The quantitative estimate of drug-likeness (QED) is 0.445. The first-order chi connectivity index (χ1) is 7.61. The molecule has 0 aliphatic carbocycles. The van der Waals surface area contributed by atoms with Gasteiger partial charge in [0.05, 0.1) is 18.1 Å². The Morgan fingerprint density at radius 2 is 1.94 bits per heavy atom. The maximum atomic E-state index is 11.0. The number of carboxylic acid groups (broad SMARTS) is 1. The van der Waals surface area contributed by atoms with E-state index in [0.29, 0.717) is 5.92 Å². The topological polar surface area (TPSA) is 43.1 Å². The molecule has 3 atom stereocenters. The van der Waals surface area contributed by atoms with Crippen LogP contribution in [0.15, 0.2) is 30.3 Å². The predicted octanol–water partition coefficient (Wildman–Crippen LogP) is -2.18. The van der Waals surface area contributed by atoms with E-state index in [1.807, 2.05) is 35.2 Å². The van der Waals surface area contributed by atoms with Gasteiger partial charge in [0.1, 0.15) is 0 Å². The zero-order valence-corrected chi connectivity index (χ0v) is 12.6. The molecule has 0 aromatic heterocycles. The third kappa shape index (κ3) is 3.32. The number of rotatable bonds is 4. The number of carboxylic acids is 1. The number of hydrogen-bond acceptors (Lipinski definition) is 3. The number of aliphatic carboxylic acids is 1. The first-order valence-corrected chi connectivity index (χ1v) is 5.63. The molecule has 86 valence electrons. The van der Waals surface area contributed by atoms with Crippen LogP contribution >= 0.6 is 0 Å². The predicted molar refractivity (Wildman–Crippen MR) is 59.5 cm³/mol. The van der Waals surface area contributed by atoms with E-state index in [1.54, 1.807) is 0 Å². The Balaban J connectivity index is 0.00000144. The molecule has 0 radical (unpaired) electrons. The molecular weight excluding hydrogens is 225 g/mol. The van der Waals surface area contributed by atoms with Crippen LogP contribution in [0.25, 0.3) is 0 Å². The van der Waals surface area contributed by atoms with Gasteiger partial charge in [0, 0.05) is 6.54 Å². The van der Waals surface area contributed by atoms with E-state index in [4.69, 9.17) is 0 Å². The summed E-state index contributed by atoms with van der Waals surface area (Å²) in [5.74, 6) is -0.495. The number of benzene rings is 1. The molecule has 1 aromatic rings. The van der Waals surface area contributed by atoms with E-state index in [0.717, 1.165) is 12.1 Å². The van der Waals surface area contributed by atoms with Gasteiger partial charge in [-0.15, -0.1) is 0 Å². The second-order valence-electron chi connectivity index (χ2n) is 4.71. The molecule has 0 bridgehead atoms. The summed E-state index contributed by atoms with van der Waals surface area (Å²) in [6.07, 6.45) is 0. The number of hydrogen-bond donors (Lipinski definition) is 0. The van der Waals surface area contributed by atoms with Crippen molar-refractivity contribution >= 4 is 5.97 Å². The van der Waals surface area contributed by atoms with E-state index in [1.165, 1.54) is 0 Å². The van der Waals surface area contributed by atoms with Crippen LogP contribution in [0.4, 0.5) is 0 Å². The zero-order valence-electron chi connectivity index (χ0n) is 10.6. The Morgan fingerprint density at radius 3 is 2.41 bits per heavy atom. The van der Waals surface area contributed by atoms with Crippen LogP contribution < -0.4 is 34.7 Å². The molecule has 0 saturated carbocycles. The summed E-state index contributed by atoms with van der Waals surface area (Å²) >= 11 is 0. The Morgan fingerprint density at radius 1 is 1.35 bits per heavy atom. The van der Waals surface area contributed by atoms with E-state index in [2.05, 4.69) is 13.8 Å². The summed E-state index contributed by atoms with van der Waals surface area (Å²) < 4.78 is 0. The van der Waals surface area contributed by atoms with Gasteiger partial charge >= 0.3 is 29.6 Å². The van der Waals surface area contributed by atoms with Crippen molar-refractivity contribution in [3.63, 3.8) is 0 Å². The summed E-state index contributed by atoms with van der Waals surface area (Å²) in [6.45, 7) is 4.98. The summed E-state index contributed by atoms with van der Waals surface area (Å²) in [6, 6.07) is 9.33. The van der Waals surface area contributed by atoms with Gasteiger partial charge < -0.3 is 9.90 Å². The molecule has 4 heteroatoms. The summed E-state index contributed by atoms with van der Waals surface area (Å²) in [5.41, 5.74) is 1.07. The molecule has 1 unspecified atom stereocenters. The number of nitrogens with zero attached hydrogens (tertiary/aromatic N) is 1. The maximum absolute atomic E-state index is 11.0. The van der Waals surface area contributed by atoms with Crippen LogP contribution in [0.1, 0.15) is 25.5 Å². The number of carbonyl (C=O) groups excluding carboxylic acids is 1. The molecule has 1 aromatic carbocycles. The van der Waals surface area contributed by atoms with Crippen molar-refractivity contribution in [2.75, 3.05) is 6.54 Å². The summed E-state index contributed by atoms with van der Waals surface area (Å²) in [5, 5.41) is 11.0. The largest absolute Gasteiger partial charge is 1.00 e. The average molecular weight is 241 g/mol. The second-order valence-corrected chi connectivity index (χ2v) is 4.71. The minimum atomic E-state index is -0.963. The van der Waals surface area contributed by atoms with Crippen molar-refractivity contribution in [1.29, 1.82) is 0 Å². The van der Waals surface area contributed by atoms with Gasteiger partial charge in [-0.2, -0.15) is 0 Å². The first kappa shape index (κ1) is 14.7. The van der Waals surface area contributed by atoms with Gasteiger partial charge in [-0.1, -0.05) is 44.2 Å². The Kier molecular flexibility index (Phi) is 5.20. The second kappa shape index (κ2) is 6.01. The van der Waals surface area contributed by atoms with Crippen molar-refractivity contribution in [2.24, 2.45) is 5.92 Å². The minimum Gasteiger partial charge on any atom is -0.548 e. The van der Waals surface area contributed by atoms with Crippen molar-refractivity contribution in [1.82, 2.24) is 4.90 Å². The standard InChI is InChI=1S/C13H17NO2.Na/c1-9(2)8-14-11(12(14)13(15)16)10-6-4-3-5-7-10;/h3-7,9,11-12H,8H2,1-2H3,(H,15,16);/q;+1/p-1/t11-,12-,14?;/m0./s1. The van der Waals surface area contributed by atoms with Crippen LogP contribution in [0, 0.1) is 5.92 Å². The Labute approximate surface area is 124 Å². The third-order valence-electron chi connectivity index (χ3n) is 2.88. The van der Waals surface area contributed by atoms with Gasteiger partial charge in [0.15, 0.2) is 0 Å². The van der Waals surface area contributed by atoms with Gasteiger partial charge in [0.2, 0.25) is 0 Å². The van der Waals surface area contributed by atoms with E-state index in [-0.39, 0.29) is 35.6 Å². The first-order valence-electron chi connectivity index (χ1n) is 5.63. The van der Waals surface area contributed by atoms with E-state index in [9.17, 15) is 9.90 Å². The van der Waals surface area contributed by atoms with Gasteiger partial charge in [0.25, 0.3) is 0 Å². The molecule has 0 amide bonds. The minimum absolute atomic E-state index is 0. The van der Waals surface area contributed by atoms with Crippen molar-refractivity contribution in [3.05, 3.63) is 35.9 Å². The fraction of sp³-hybridized carbons (Fsp3) is 0.462. The Hall–Kier alpha value is -0.350. The van der Waals surface area contributed by atoms with Crippen LogP contribution in [-0.2, 0) is 4.79 Å². The van der Waals surface area contributed by atoms with Gasteiger partial charge in [-0.25, -0.2) is 0 Å². The van der Waals surface area contributed by atoms with Crippen LogP contribution in [0.2, 0.25) is 0 Å². The average Bonchev–Trinajstić information content (AvgIpc) is 2.92. The molecule has 17 heavy (non-hydrogen) atoms. The molecule has 2 rings (SSSR count). The van der Waals surface area contributed by atoms with Crippen LogP contribution in [0.5, 0.6) is 0 Å². The van der Waals surface area contributed by atoms with Gasteiger partial charge in [-0.05, 0) is 11.5 Å². The molecule has 0 spiro atoms. The smallest absolute Gasteiger partial charge is 0.548 e. The summed E-state index contributed by atoms with van der Waals surface area (Å²) in [4.78, 5) is 13.0. The molecule has 1 fully saturated rings. The van der Waals surface area contributed by atoms with Crippen LogP contribution in [0.3, 0.4) is 0 Å². The molecule has 0 N–H and O–H groups in total. The third-order valence-corrected chi connectivity index (χ3v) is 2.88. The zero-order chi connectivity index (χ0) is 11.7. The summed E-state index contributed by atoms with van der Waals surface area (Å²) in [7, 11) is 0. The molecule has 1 heterocycles. The normalized spacial score (nSPS) is 26.4. The monoisotopic (exact) mass is 241 g/mol. The van der Waals surface area contributed by atoms with Crippen molar-refractivity contribution in [3.8, 4) is 0 Å². The fourth-order valence-corrected chi connectivity index (χ4v) is 2.21. The van der Waals surface area contributed by atoms with E-state index >= 15 is 0 Å². The van der Waals surface area contributed by atoms with Crippen molar-refractivity contribution < 1.29 is 39.5 Å². The fourth-order valence-electron chi connectivity index (χ4n) is 2.21. The molecule has 1 aliphatic heterocycles. The van der Waals surface area contributed by atoms with Gasteiger partial charge in [-0.3, -0.25) is 4.90 Å². The Bertz CT molecular complexity index is 380. The molecule has 1 saturated heterocycles. The molecular formula is C13H16NNaO2. The number of carbonyl (C=O) groups is 1. The molecule has 3 nitrogen and oxygen atoms in total. The SMILES string of the molecule is CC(C)CN1[C@H](C(=O)[O-])[C@@H]1c1ccccc1.[Na+]. The van der Waals surface area contributed by atoms with Crippen LogP contribution in [-0.4, -0.2) is 23.5 Å². The van der Waals surface area contributed by atoms with Crippen molar-refractivity contribution in [2.45, 2.75) is 25.9 Å².